The van der Waals surface area contributed by atoms with Crippen molar-refractivity contribution >= 4 is 23.1 Å². The highest BCUT2D eigenvalue weighted by Crippen LogP contribution is 2.30. The molecular weight excluding hydrogens is 300 g/mol. The Morgan fingerprint density at radius 2 is 1.96 bits per heavy atom. The SMILES string of the molecule is Cc1cc2c(cc1[N+](=O)[O-])C(C(=O)OC(C)(C)C)=CCNC2=O. The average Bonchev–Trinajstić information content (AvgIpc) is 2.55. The third-order valence-corrected chi connectivity index (χ3v) is 3.26. The fraction of sp³-hybridized carbons (Fsp3) is 0.375. The summed E-state index contributed by atoms with van der Waals surface area (Å²) in [6, 6.07) is 2.68. The van der Waals surface area contributed by atoms with Gasteiger partial charge in [-0.2, -0.15) is 0 Å². The smallest absolute Gasteiger partial charge is 0.339 e. The average molecular weight is 318 g/mol. The van der Waals surface area contributed by atoms with Gasteiger partial charge in [0.25, 0.3) is 11.6 Å². The van der Waals surface area contributed by atoms with Crippen molar-refractivity contribution in [2.45, 2.75) is 33.3 Å². The second-order valence-electron chi connectivity index (χ2n) is 6.27. The summed E-state index contributed by atoms with van der Waals surface area (Å²) in [5.41, 5.74) is 0.0891. The van der Waals surface area contributed by atoms with Crippen LogP contribution in [0.1, 0.15) is 42.3 Å². The maximum absolute atomic E-state index is 12.4. The van der Waals surface area contributed by atoms with E-state index in [4.69, 9.17) is 4.74 Å². The molecule has 7 heteroatoms. The summed E-state index contributed by atoms with van der Waals surface area (Å²) in [6.07, 6.45) is 1.51. The van der Waals surface area contributed by atoms with Crippen molar-refractivity contribution in [1.29, 1.82) is 0 Å². The van der Waals surface area contributed by atoms with E-state index in [0.717, 1.165) is 0 Å². The quantitative estimate of drug-likeness (QED) is 0.513. The van der Waals surface area contributed by atoms with E-state index in [1.54, 1.807) is 27.7 Å². The molecule has 2 rings (SSSR count). The Kier molecular flexibility index (Phi) is 4.22. The van der Waals surface area contributed by atoms with E-state index in [1.165, 1.54) is 18.2 Å². The highest BCUT2D eigenvalue weighted by atomic mass is 16.6. The van der Waals surface area contributed by atoms with Gasteiger partial charge in [0.2, 0.25) is 0 Å². The number of ether oxygens (including phenoxy) is 1. The number of nitro groups is 1. The van der Waals surface area contributed by atoms with Gasteiger partial charge in [0.05, 0.1) is 10.5 Å². The van der Waals surface area contributed by atoms with Crippen molar-refractivity contribution in [3.8, 4) is 0 Å². The number of nitro benzene ring substituents is 1. The highest BCUT2D eigenvalue weighted by Gasteiger charge is 2.28. The van der Waals surface area contributed by atoms with Gasteiger partial charge in [0, 0.05) is 29.3 Å². The zero-order valence-corrected chi connectivity index (χ0v) is 13.4. The number of benzene rings is 1. The zero-order chi connectivity index (χ0) is 17.4. The molecule has 0 saturated heterocycles. The molecular formula is C16H18N2O5. The van der Waals surface area contributed by atoms with Crippen LogP contribution in [-0.2, 0) is 9.53 Å². The molecule has 0 spiro atoms. The van der Waals surface area contributed by atoms with Crippen LogP contribution in [0.2, 0.25) is 0 Å². The molecule has 0 atom stereocenters. The first-order valence-electron chi connectivity index (χ1n) is 7.11. The first-order valence-corrected chi connectivity index (χ1v) is 7.11. The molecule has 0 aromatic heterocycles. The van der Waals surface area contributed by atoms with Crippen LogP contribution in [0.5, 0.6) is 0 Å². The predicted octanol–water partition coefficient (Wildman–Crippen LogP) is 2.37. The van der Waals surface area contributed by atoms with Crippen molar-refractivity contribution in [2.24, 2.45) is 0 Å². The van der Waals surface area contributed by atoms with E-state index in [0.29, 0.717) is 5.56 Å². The van der Waals surface area contributed by atoms with Crippen molar-refractivity contribution < 1.29 is 19.2 Å². The third kappa shape index (κ3) is 3.56. The van der Waals surface area contributed by atoms with Crippen LogP contribution in [0.3, 0.4) is 0 Å². The molecule has 0 aliphatic carbocycles. The van der Waals surface area contributed by atoms with Gasteiger partial charge in [0.1, 0.15) is 5.60 Å². The predicted molar refractivity (Wildman–Crippen MR) is 84.0 cm³/mol. The number of carbonyl (C=O) groups is 2. The summed E-state index contributed by atoms with van der Waals surface area (Å²) in [5.74, 6) is -0.999. The fourth-order valence-electron chi connectivity index (χ4n) is 2.28. The van der Waals surface area contributed by atoms with E-state index in [2.05, 4.69) is 5.32 Å². The van der Waals surface area contributed by atoms with Gasteiger partial charge in [-0.25, -0.2) is 4.79 Å². The molecule has 1 amide bonds. The number of nitrogens with zero attached hydrogens (tertiary/aromatic N) is 1. The lowest BCUT2D eigenvalue weighted by Crippen LogP contribution is -2.25. The van der Waals surface area contributed by atoms with Crippen LogP contribution in [-0.4, -0.2) is 28.9 Å². The zero-order valence-electron chi connectivity index (χ0n) is 13.4. The van der Waals surface area contributed by atoms with E-state index < -0.39 is 16.5 Å². The van der Waals surface area contributed by atoms with Gasteiger partial charge in [0.15, 0.2) is 0 Å². The molecule has 1 aliphatic rings. The summed E-state index contributed by atoms with van der Waals surface area (Å²) in [4.78, 5) is 35.1. The van der Waals surface area contributed by atoms with Crippen LogP contribution in [0, 0.1) is 17.0 Å². The molecule has 1 heterocycles. The summed E-state index contributed by atoms with van der Waals surface area (Å²) < 4.78 is 5.34. The topological polar surface area (TPSA) is 98.5 Å². The minimum Gasteiger partial charge on any atom is -0.456 e. The number of rotatable bonds is 2. The van der Waals surface area contributed by atoms with Crippen LogP contribution in [0.4, 0.5) is 5.69 Å². The number of esters is 1. The molecule has 1 aromatic carbocycles. The molecule has 0 bridgehead atoms. The summed E-state index contributed by atoms with van der Waals surface area (Å²) in [6.45, 7) is 6.88. The van der Waals surface area contributed by atoms with Gasteiger partial charge in [-0.05, 0) is 33.8 Å². The highest BCUT2D eigenvalue weighted by molar-refractivity contribution is 6.20. The normalized spacial score (nSPS) is 14.3. The first-order chi connectivity index (χ1) is 10.6. The number of hydrogen-bond donors (Lipinski definition) is 1. The summed E-state index contributed by atoms with van der Waals surface area (Å²) >= 11 is 0. The number of nitrogens with one attached hydrogen (secondary N) is 1. The monoisotopic (exact) mass is 318 g/mol. The van der Waals surface area contributed by atoms with Gasteiger partial charge in [-0.3, -0.25) is 14.9 Å². The van der Waals surface area contributed by atoms with Crippen LogP contribution in [0.25, 0.3) is 5.57 Å². The molecule has 0 fully saturated rings. The van der Waals surface area contributed by atoms with E-state index >= 15 is 0 Å². The molecule has 0 radical (unpaired) electrons. The molecule has 1 aromatic rings. The number of hydrogen-bond acceptors (Lipinski definition) is 5. The van der Waals surface area contributed by atoms with Gasteiger partial charge in [-0.15, -0.1) is 0 Å². The maximum atomic E-state index is 12.4. The molecule has 0 saturated carbocycles. The maximum Gasteiger partial charge on any atom is 0.339 e. The Hall–Kier alpha value is -2.70. The Morgan fingerprint density at radius 3 is 2.52 bits per heavy atom. The van der Waals surface area contributed by atoms with Gasteiger partial charge in [-0.1, -0.05) is 6.08 Å². The molecule has 122 valence electrons. The third-order valence-electron chi connectivity index (χ3n) is 3.26. The minimum absolute atomic E-state index is 0.145. The van der Waals surface area contributed by atoms with Crippen molar-refractivity contribution in [3.05, 3.63) is 45.0 Å². The van der Waals surface area contributed by atoms with Gasteiger partial charge < -0.3 is 10.1 Å². The van der Waals surface area contributed by atoms with Gasteiger partial charge >= 0.3 is 5.97 Å². The minimum atomic E-state index is -0.710. The number of fused-ring (bicyclic) bond motifs is 1. The van der Waals surface area contributed by atoms with E-state index in [9.17, 15) is 19.7 Å². The van der Waals surface area contributed by atoms with Crippen LogP contribution in [0.15, 0.2) is 18.2 Å². The lowest BCUT2D eigenvalue weighted by Gasteiger charge is -2.21. The largest absolute Gasteiger partial charge is 0.456 e. The molecule has 23 heavy (non-hydrogen) atoms. The lowest BCUT2D eigenvalue weighted by molar-refractivity contribution is -0.385. The number of aryl methyl sites for hydroxylation is 1. The summed E-state index contributed by atoms with van der Waals surface area (Å²) in [5, 5.41) is 13.8. The Labute approximate surface area is 133 Å². The Morgan fingerprint density at radius 1 is 1.30 bits per heavy atom. The Balaban J connectivity index is 2.60. The Bertz CT molecular complexity index is 729. The second-order valence-corrected chi connectivity index (χ2v) is 6.27. The van der Waals surface area contributed by atoms with Crippen molar-refractivity contribution in [3.63, 3.8) is 0 Å². The first kappa shape index (κ1) is 16.7. The van der Waals surface area contributed by atoms with E-state index in [-0.39, 0.29) is 34.8 Å². The summed E-state index contributed by atoms with van der Waals surface area (Å²) in [7, 11) is 0. The van der Waals surface area contributed by atoms with E-state index in [1.807, 2.05) is 0 Å². The molecule has 0 unspecified atom stereocenters. The van der Waals surface area contributed by atoms with Crippen LogP contribution >= 0.6 is 0 Å². The fourth-order valence-corrected chi connectivity index (χ4v) is 2.28. The van der Waals surface area contributed by atoms with Crippen molar-refractivity contribution in [1.82, 2.24) is 5.32 Å². The molecule has 1 N–H and O–H groups in total. The molecule has 7 nitrogen and oxygen atoms in total. The second kappa shape index (κ2) is 5.83. The lowest BCUT2D eigenvalue weighted by atomic mass is 9.96. The number of amides is 1. The number of carbonyl (C=O) groups excluding carboxylic acids is 2. The molecule has 1 aliphatic heterocycles. The van der Waals surface area contributed by atoms with Crippen molar-refractivity contribution in [2.75, 3.05) is 6.54 Å². The van der Waals surface area contributed by atoms with Crippen LogP contribution < -0.4 is 5.32 Å². The standard InChI is InChI=1S/C16H18N2O5/c1-9-7-12-11(8-13(9)18(21)22)10(5-6-17-14(12)19)15(20)23-16(2,3)4/h5,7-8H,6H2,1-4H3,(H,17,19).